The Kier molecular flexibility index (Phi) is 8.74. The number of nitrogens with zero attached hydrogens (tertiary/aromatic N) is 1. The van der Waals surface area contributed by atoms with Gasteiger partial charge in [0.15, 0.2) is 6.54 Å². The van der Waals surface area contributed by atoms with Gasteiger partial charge in [0.2, 0.25) is 0 Å². The van der Waals surface area contributed by atoms with Crippen LogP contribution in [0.5, 0.6) is 0 Å². The van der Waals surface area contributed by atoms with Gasteiger partial charge in [0, 0.05) is 0 Å². The summed E-state index contributed by atoms with van der Waals surface area (Å²) >= 11 is 0. The normalized spacial score (nSPS) is 13.2. The van der Waals surface area contributed by atoms with Gasteiger partial charge in [-0.3, -0.25) is 0 Å². The van der Waals surface area contributed by atoms with E-state index in [1.54, 1.807) is 20.2 Å². The summed E-state index contributed by atoms with van der Waals surface area (Å²) in [6, 6.07) is 0. The van der Waals surface area contributed by atoms with Gasteiger partial charge < -0.3 is 24.9 Å². The first-order valence-corrected chi connectivity index (χ1v) is 4.82. The Morgan fingerprint density at radius 2 is 2.06 bits per heavy atom. The Hall–Kier alpha value is -1.11. The second-order valence-corrected chi connectivity index (χ2v) is 4.13. The molecule has 0 heterocycles. The van der Waals surface area contributed by atoms with E-state index in [9.17, 15) is 9.90 Å². The van der Waals surface area contributed by atoms with Crippen molar-refractivity contribution >= 4 is 5.97 Å². The summed E-state index contributed by atoms with van der Waals surface area (Å²) in [7, 11) is 3.51. The molecule has 1 atom stereocenters. The summed E-state index contributed by atoms with van der Waals surface area (Å²) in [4.78, 5) is 10.5. The summed E-state index contributed by atoms with van der Waals surface area (Å²) in [6.07, 6.45) is 2.57. The average molecular weight is 235 g/mol. The first-order valence-electron chi connectivity index (χ1n) is 4.82. The Bertz CT molecular complexity index is 227. The van der Waals surface area contributed by atoms with Crippen molar-refractivity contribution in [3.8, 4) is 0 Å². The number of likely N-dealkylation sites (N-methyl/N-ethyl adjacent to an activating group) is 1. The van der Waals surface area contributed by atoms with Gasteiger partial charge in [0.05, 0.1) is 20.4 Å². The SMILES string of the molecule is C/C=C/OCC(O)C[N+](C)(C)CC(=O)O.[OH-]. The van der Waals surface area contributed by atoms with E-state index in [1.165, 1.54) is 6.26 Å². The van der Waals surface area contributed by atoms with Crippen molar-refractivity contribution in [2.24, 2.45) is 0 Å². The van der Waals surface area contributed by atoms with E-state index < -0.39 is 12.1 Å². The second-order valence-electron chi connectivity index (χ2n) is 4.13. The third kappa shape index (κ3) is 9.45. The van der Waals surface area contributed by atoms with E-state index in [0.29, 0.717) is 6.54 Å². The lowest BCUT2D eigenvalue weighted by Crippen LogP contribution is -2.49. The van der Waals surface area contributed by atoms with E-state index in [2.05, 4.69) is 0 Å². The number of aliphatic hydroxyl groups is 1. The lowest BCUT2D eigenvalue weighted by molar-refractivity contribution is -0.886. The fourth-order valence-electron chi connectivity index (χ4n) is 1.32. The van der Waals surface area contributed by atoms with Crippen LogP contribution in [0.1, 0.15) is 6.92 Å². The molecule has 0 radical (unpaired) electrons. The van der Waals surface area contributed by atoms with Crippen LogP contribution in [0.25, 0.3) is 0 Å². The molecule has 0 rings (SSSR count). The molecule has 6 heteroatoms. The van der Waals surface area contributed by atoms with Gasteiger partial charge in [-0.1, -0.05) is 6.08 Å². The molecular formula is C10H21NO5. The van der Waals surface area contributed by atoms with Crippen LogP contribution >= 0.6 is 0 Å². The molecule has 0 aromatic rings. The van der Waals surface area contributed by atoms with Crippen LogP contribution in [-0.4, -0.2) is 66.0 Å². The van der Waals surface area contributed by atoms with Crippen LogP contribution in [-0.2, 0) is 9.53 Å². The molecule has 0 bridgehead atoms. The van der Waals surface area contributed by atoms with E-state index in [-0.39, 0.29) is 23.1 Å². The summed E-state index contributed by atoms with van der Waals surface area (Å²) in [5.74, 6) is -0.874. The van der Waals surface area contributed by atoms with Gasteiger partial charge in [0.25, 0.3) is 0 Å². The predicted octanol–water partition coefficient (Wildman–Crippen LogP) is -0.118. The maximum Gasteiger partial charge on any atom is 0.359 e. The Morgan fingerprint density at radius 3 is 2.50 bits per heavy atom. The molecule has 0 spiro atoms. The number of allylic oxidation sites excluding steroid dienone is 1. The molecule has 0 fully saturated rings. The third-order valence-corrected chi connectivity index (χ3v) is 1.79. The van der Waals surface area contributed by atoms with Crippen LogP contribution in [0.3, 0.4) is 0 Å². The van der Waals surface area contributed by atoms with Crippen molar-refractivity contribution in [3.05, 3.63) is 12.3 Å². The molecule has 0 aromatic carbocycles. The summed E-state index contributed by atoms with van der Waals surface area (Å²) in [5, 5.41) is 18.2. The molecule has 96 valence electrons. The smallest absolute Gasteiger partial charge is 0.359 e. The number of rotatable bonds is 7. The van der Waals surface area contributed by atoms with Crippen molar-refractivity contribution in [2.75, 3.05) is 33.8 Å². The third-order valence-electron chi connectivity index (χ3n) is 1.79. The minimum absolute atomic E-state index is 0. The molecule has 1 unspecified atom stereocenters. The largest absolute Gasteiger partial charge is 0.870 e. The van der Waals surface area contributed by atoms with Gasteiger partial charge in [0.1, 0.15) is 19.3 Å². The molecule has 0 aromatic heterocycles. The molecule has 0 aliphatic rings. The molecule has 0 amide bonds. The van der Waals surface area contributed by atoms with Crippen LogP contribution in [0.15, 0.2) is 12.3 Å². The number of aliphatic carboxylic acids is 1. The number of carboxylic acid groups (broad SMARTS) is 1. The van der Waals surface area contributed by atoms with Gasteiger partial charge in [-0.05, 0) is 6.92 Å². The summed E-state index contributed by atoms with van der Waals surface area (Å²) in [6.45, 7) is 2.34. The van der Waals surface area contributed by atoms with Gasteiger partial charge in [-0.2, -0.15) is 0 Å². The predicted molar refractivity (Wildman–Crippen MR) is 58.2 cm³/mol. The van der Waals surface area contributed by atoms with Crippen LogP contribution in [0, 0.1) is 0 Å². The van der Waals surface area contributed by atoms with Crippen molar-refractivity contribution in [1.82, 2.24) is 0 Å². The van der Waals surface area contributed by atoms with Crippen LogP contribution in [0.4, 0.5) is 0 Å². The quantitative estimate of drug-likeness (QED) is 0.473. The number of hydrogen-bond donors (Lipinski definition) is 2. The average Bonchev–Trinajstić information content (AvgIpc) is 2.00. The van der Waals surface area contributed by atoms with Gasteiger partial charge in [-0.25, -0.2) is 4.79 Å². The monoisotopic (exact) mass is 235 g/mol. The molecule has 0 saturated heterocycles. The summed E-state index contributed by atoms with van der Waals surface area (Å²) < 4.78 is 5.24. The number of carbonyl (C=O) groups is 1. The molecule has 0 aliphatic heterocycles. The molecular weight excluding hydrogens is 214 g/mol. The Labute approximate surface area is 95.6 Å². The minimum atomic E-state index is -0.874. The highest BCUT2D eigenvalue weighted by Gasteiger charge is 2.23. The zero-order valence-corrected chi connectivity index (χ0v) is 9.96. The van der Waals surface area contributed by atoms with Crippen LogP contribution in [0.2, 0.25) is 0 Å². The number of ether oxygens (including phenoxy) is 1. The lowest BCUT2D eigenvalue weighted by atomic mass is 10.3. The van der Waals surface area contributed by atoms with Crippen molar-refractivity contribution in [1.29, 1.82) is 0 Å². The molecule has 6 nitrogen and oxygen atoms in total. The molecule has 0 saturated carbocycles. The highest BCUT2D eigenvalue weighted by molar-refractivity contribution is 5.67. The second kappa shape index (κ2) is 8.09. The van der Waals surface area contributed by atoms with Crippen molar-refractivity contribution < 1.29 is 29.7 Å². The number of aliphatic hydroxyl groups excluding tert-OH is 1. The van der Waals surface area contributed by atoms with Gasteiger partial charge >= 0.3 is 5.97 Å². The Morgan fingerprint density at radius 1 is 1.50 bits per heavy atom. The van der Waals surface area contributed by atoms with Gasteiger partial charge in [-0.15, -0.1) is 0 Å². The fraction of sp³-hybridized carbons (Fsp3) is 0.700. The summed E-state index contributed by atoms with van der Waals surface area (Å²) in [5.41, 5.74) is 0. The maximum atomic E-state index is 10.5. The lowest BCUT2D eigenvalue weighted by Gasteiger charge is -2.29. The first-order chi connectivity index (χ1) is 6.87. The highest BCUT2D eigenvalue weighted by Crippen LogP contribution is 2.00. The first kappa shape index (κ1) is 17.3. The van der Waals surface area contributed by atoms with E-state index in [4.69, 9.17) is 9.84 Å². The topological polar surface area (TPSA) is 96.8 Å². The van der Waals surface area contributed by atoms with Crippen LogP contribution < -0.4 is 0 Å². The molecule has 16 heavy (non-hydrogen) atoms. The maximum absolute atomic E-state index is 10.5. The molecule has 0 aliphatic carbocycles. The van der Waals surface area contributed by atoms with E-state index in [0.717, 1.165) is 0 Å². The number of hydrogen-bond acceptors (Lipinski definition) is 4. The van der Waals surface area contributed by atoms with E-state index >= 15 is 0 Å². The van der Waals surface area contributed by atoms with Crippen molar-refractivity contribution in [3.63, 3.8) is 0 Å². The number of carboxylic acids is 1. The molecule has 3 N–H and O–H groups in total. The fourth-order valence-corrected chi connectivity index (χ4v) is 1.32. The highest BCUT2D eigenvalue weighted by atomic mass is 16.5. The van der Waals surface area contributed by atoms with E-state index in [1.807, 2.05) is 6.92 Å². The van der Waals surface area contributed by atoms with Crippen molar-refractivity contribution in [2.45, 2.75) is 13.0 Å². The number of quaternary nitrogens is 1. The zero-order chi connectivity index (χ0) is 11.9. The zero-order valence-electron chi connectivity index (χ0n) is 9.96. The standard InChI is InChI=1S/C10H19NO4.H2O/c1-4-5-15-8-9(12)6-11(2,3)7-10(13)14;/h4-5,9,12H,6-8H2,1-3H3;1H2/b5-4+;. The Balaban J connectivity index is 0. The minimum Gasteiger partial charge on any atom is -0.870 e.